The van der Waals surface area contributed by atoms with E-state index in [1.165, 1.54) is 18.0 Å². The molecule has 19 heavy (non-hydrogen) atoms. The number of rotatable bonds is 2. The lowest BCUT2D eigenvalue weighted by molar-refractivity contribution is -0.690. The fourth-order valence-electron chi connectivity index (χ4n) is 2.16. The molecule has 1 fully saturated rings. The molecule has 2 N–H and O–H groups in total. The third-order valence-corrected chi connectivity index (χ3v) is 4.50. The molecule has 2 aromatic rings. The summed E-state index contributed by atoms with van der Waals surface area (Å²) in [5.41, 5.74) is 0.928. The number of carboxylic acids is 1. The molecule has 1 aliphatic heterocycles. The van der Waals surface area contributed by atoms with Crippen LogP contribution >= 0.6 is 11.8 Å². The number of nitrogens with two attached hydrogens (primary N) is 1. The lowest BCUT2D eigenvalue weighted by Crippen LogP contribution is -2.91. The van der Waals surface area contributed by atoms with Crippen LogP contribution in [0.15, 0.2) is 39.7 Å². The number of aliphatic carboxylic acids is 1. The number of hydrogen-bond acceptors (Lipinski definition) is 5. The Kier molecular flexibility index (Phi) is 3.04. The lowest BCUT2D eigenvalue weighted by atomic mass is 10.1. The topological polar surface area (TPSA) is 87.0 Å². The van der Waals surface area contributed by atoms with Crippen molar-refractivity contribution >= 4 is 28.7 Å². The van der Waals surface area contributed by atoms with Crippen LogP contribution in [0.25, 0.3) is 11.0 Å². The largest absolute Gasteiger partial charge is 0.544 e. The van der Waals surface area contributed by atoms with Crippen molar-refractivity contribution in [2.45, 2.75) is 11.4 Å². The summed E-state index contributed by atoms with van der Waals surface area (Å²) in [5.74, 6) is -0.667. The number of carbonyl (C=O) groups excluding carboxylic acids is 1. The smallest absolute Gasteiger partial charge is 0.202 e. The molecule has 1 aliphatic rings. The van der Waals surface area contributed by atoms with Crippen molar-refractivity contribution in [2.75, 3.05) is 5.75 Å². The summed E-state index contributed by atoms with van der Waals surface area (Å²) < 4.78 is 5.44. The van der Waals surface area contributed by atoms with Gasteiger partial charge >= 0.3 is 0 Å². The highest BCUT2D eigenvalue weighted by atomic mass is 32.2. The quantitative estimate of drug-likeness (QED) is 0.778. The molecule has 3 rings (SSSR count). The van der Waals surface area contributed by atoms with Gasteiger partial charge in [-0.3, -0.25) is 4.79 Å². The standard InChI is InChI=1S/C13H11NO4S/c15-11-7-3-1-2-4-10(7)18-5-8(11)12-14-9(6-19-12)13(16)17/h1-5,9,12,14H,6H2,(H,16,17)/t9-,12-/m0/s1. The Morgan fingerprint density at radius 3 is 2.95 bits per heavy atom. The Bertz CT molecular complexity index is 696. The number of benzene rings is 1. The van der Waals surface area contributed by atoms with Crippen LogP contribution in [0.1, 0.15) is 10.9 Å². The fraction of sp³-hybridized carbons (Fsp3) is 0.231. The van der Waals surface area contributed by atoms with Crippen LogP contribution < -0.4 is 15.9 Å². The summed E-state index contributed by atoms with van der Waals surface area (Å²) in [4.78, 5) is 23.2. The average Bonchev–Trinajstić information content (AvgIpc) is 2.89. The van der Waals surface area contributed by atoms with Crippen LogP contribution in [0, 0.1) is 0 Å². The first-order valence-electron chi connectivity index (χ1n) is 5.84. The summed E-state index contributed by atoms with van der Waals surface area (Å²) in [6, 6.07) is 6.41. The highest BCUT2D eigenvalue weighted by molar-refractivity contribution is 7.99. The zero-order valence-electron chi connectivity index (χ0n) is 9.87. The highest BCUT2D eigenvalue weighted by Crippen LogP contribution is 2.26. The molecule has 1 aromatic heterocycles. The van der Waals surface area contributed by atoms with Crippen molar-refractivity contribution < 1.29 is 19.6 Å². The molecule has 0 bridgehead atoms. The summed E-state index contributed by atoms with van der Waals surface area (Å²) in [7, 11) is 0. The van der Waals surface area contributed by atoms with Gasteiger partial charge in [-0.05, 0) is 12.1 Å². The van der Waals surface area contributed by atoms with Crippen molar-refractivity contribution in [1.29, 1.82) is 0 Å². The molecular weight excluding hydrogens is 266 g/mol. The van der Waals surface area contributed by atoms with E-state index in [1.807, 2.05) is 0 Å². The number of carbonyl (C=O) groups is 1. The second-order valence-corrected chi connectivity index (χ2v) is 5.56. The van der Waals surface area contributed by atoms with Crippen LogP contribution in [0.3, 0.4) is 0 Å². The number of para-hydroxylation sites is 1. The molecule has 98 valence electrons. The van der Waals surface area contributed by atoms with E-state index in [-0.39, 0.29) is 10.8 Å². The molecule has 0 radical (unpaired) electrons. The van der Waals surface area contributed by atoms with E-state index < -0.39 is 12.0 Å². The Morgan fingerprint density at radius 1 is 1.42 bits per heavy atom. The van der Waals surface area contributed by atoms with Crippen LogP contribution in [-0.2, 0) is 4.79 Å². The molecule has 0 amide bonds. The van der Waals surface area contributed by atoms with Crippen molar-refractivity contribution in [2.24, 2.45) is 0 Å². The minimum Gasteiger partial charge on any atom is -0.544 e. The summed E-state index contributed by atoms with van der Waals surface area (Å²) in [5, 5.41) is 12.7. The second kappa shape index (κ2) is 4.71. The SMILES string of the molecule is O=C([O-])[C@@H]1CS[C@@H](c2coc3ccccc3c2=O)[NH2+]1. The zero-order valence-corrected chi connectivity index (χ0v) is 10.7. The summed E-state index contributed by atoms with van der Waals surface area (Å²) >= 11 is 1.42. The molecule has 0 spiro atoms. The predicted octanol–water partition coefficient (Wildman–Crippen LogP) is -0.780. The van der Waals surface area contributed by atoms with Crippen molar-refractivity contribution in [3.05, 3.63) is 46.3 Å². The van der Waals surface area contributed by atoms with Gasteiger partial charge < -0.3 is 19.6 Å². The lowest BCUT2D eigenvalue weighted by Gasteiger charge is -2.10. The first-order valence-corrected chi connectivity index (χ1v) is 6.89. The van der Waals surface area contributed by atoms with Gasteiger partial charge in [0.1, 0.15) is 29.4 Å². The number of fused-ring (bicyclic) bond motifs is 1. The Morgan fingerprint density at radius 2 is 2.21 bits per heavy atom. The van der Waals surface area contributed by atoms with Crippen molar-refractivity contribution in [1.82, 2.24) is 0 Å². The molecular formula is C13H11NO4S. The maximum atomic E-state index is 12.3. The van der Waals surface area contributed by atoms with Crippen LogP contribution in [0.4, 0.5) is 0 Å². The zero-order chi connectivity index (χ0) is 13.4. The number of carboxylic acid groups (broad SMARTS) is 1. The molecule has 5 nitrogen and oxygen atoms in total. The van der Waals surface area contributed by atoms with E-state index in [0.717, 1.165) is 0 Å². The third kappa shape index (κ3) is 2.13. The highest BCUT2D eigenvalue weighted by Gasteiger charge is 2.33. The van der Waals surface area contributed by atoms with E-state index in [9.17, 15) is 14.7 Å². The third-order valence-electron chi connectivity index (χ3n) is 3.18. The maximum Gasteiger partial charge on any atom is 0.202 e. The Labute approximate surface area is 112 Å². The Hall–Kier alpha value is -1.79. The minimum absolute atomic E-state index is 0.102. The maximum absolute atomic E-state index is 12.3. The van der Waals surface area contributed by atoms with E-state index >= 15 is 0 Å². The van der Waals surface area contributed by atoms with Gasteiger partial charge in [0.05, 0.1) is 11.1 Å². The van der Waals surface area contributed by atoms with E-state index in [4.69, 9.17) is 4.42 Å². The first kappa shape index (κ1) is 12.3. The molecule has 1 aromatic carbocycles. The van der Waals surface area contributed by atoms with Gasteiger partial charge in [-0.25, -0.2) is 0 Å². The predicted molar refractivity (Wildman–Crippen MR) is 68.4 cm³/mol. The van der Waals surface area contributed by atoms with Gasteiger partial charge in [-0.1, -0.05) is 23.9 Å². The van der Waals surface area contributed by atoms with Crippen molar-refractivity contribution in [3.8, 4) is 0 Å². The van der Waals surface area contributed by atoms with Gasteiger partial charge in [-0.2, -0.15) is 0 Å². The van der Waals surface area contributed by atoms with Gasteiger partial charge in [0.25, 0.3) is 0 Å². The molecule has 0 unspecified atom stereocenters. The van der Waals surface area contributed by atoms with Crippen molar-refractivity contribution in [3.63, 3.8) is 0 Å². The summed E-state index contributed by atoms with van der Waals surface area (Å²) in [6.45, 7) is 0. The summed E-state index contributed by atoms with van der Waals surface area (Å²) in [6.07, 6.45) is 1.43. The Balaban J connectivity index is 2.00. The molecule has 2 heterocycles. The van der Waals surface area contributed by atoms with Crippen LogP contribution in [0.5, 0.6) is 0 Å². The van der Waals surface area contributed by atoms with E-state index in [1.54, 1.807) is 29.6 Å². The second-order valence-electron chi connectivity index (χ2n) is 4.39. The minimum atomic E-state index is -1.10. The number of quaternary nitrogens is 1. The molecule has 2 atom stereocenters. The number of thioether (sulfide) groups is 1. The molecule has 0 aliphatic carbocycles. The average molecular weight is 277 g/mol. The van der Waals surface area contributed by atoms with E-state index in [2.05, 4.69) is 0 Å². The normalized spacial score (nSPS) is 22.7. The first-order chi connectivity index (χ1) is 9.16. The molecule has 1 saturated heterocycles. The molecule has 6 heteroatoms. The van der Waals surface area contributed by atoms with Crippen LogP contribution in [0.2, 0.25) is 0 Å². The fourth-order valence-corrected chi connectivity index (χ4v) is 3.46. The van der Waals surface area contributed by atoms with Crippen LogP contribution in [-0.4, -0.2) is 17.8 Å². The van der Waals surface area contributed by atoms with Gasteiger partial charge in [-0.15, -0.1) is 0 Å². The van der Waals surface area contributed by atoms with Gasteiger partial charge in [0, 0.05) is 0 Å². The monoisotopic (exact) mass is 277 g/mol. The van der Waals surface area contributed by atoms with E-state index in [0.29, 0.717) is 22.3 Å². The van der Waals surface area contributed by atoms with Gasteiger partial charge in [0.2, 0.25) is 5.43 Å². The number of hydrogen-bond donors (Lipinski definition) is 1. The van der Waals surface area contributed by atoms with Gasteiger partial charge in [0.15, 0.2) is 5.37 Å². The molecule has 0 saturated carbocycles.